The van der Waals surface area contributed by atoms with E-state index in [-0.39, 0.29) is 5.75 Å². The Morgan fingerprint density at radius 1 is 1.07 bits per heavy atom. The van der Waals surface area contributed by atoms with Crippen molar-refractivity contribution in [2.24, 2.45) is 0 Å². The lowest BCUT2D eigenvalue weighted by Gasteiger charge is -2.16. The molecular weight excluding hydrogens is 229 g/mol. The molecule has 0 spiro atoms. The summed E-state index contributed by atoms with van der Waals surface area (Å²) in [6.45, 7) is 0. The van der Waals surface area contributed by atoms with Crippen LogP contribution in [0, 0.1) is 17.5 Å². The minimum atomic E-state index is -1.63. The van der Waals surface area contributed by atoms with Crippen LogP contribution in [0.15, 0.2) is 12.1 Å². The highest BCUT2D eigenvalue weighted by molar-refractivity contribution is 7.80. The SMILES string of the molecule is OC(CS)C(O)c1cc(F)c(F)cc1F. The molecule has 0 bridgehead atoms. The third-order valence-corrected chi connectivity index (χ3v) is 2.28. The van der Waals surface area contributed by atoms with Crippen LogP contribution in [0.3, 0.4) is 0 Å². The van der Waals surface area contributed by atoms with Crippen LogP contribution in [0.4, 0.5) is 13.2 Å². The van der Waals surface area contributed by atoms with Crippen molar-refractivity contribution < 1.29 is 23.4 Å². The van der Waals surface area contributed by atoms with Crippen molar-refractivity contribution in [3.8, 4) is 0 Å². The molecule has 0 saturated carbocycles. The van der Waals surface area contributed by atoms with E-state index in [4.69, 9.17) is 5.11 Å². The van der Waals surface area contributed by atoms with Gasteiger partial charge in [-0.3, -0.25) is 0 Å². The Morgan fingerprint density at radius 2 is 1.60 bits per heavy atom. The maximum Gasteiger partial charge on any atom is 0.161 e. The zero-order chi connectivity index (χ0) is 11.6. The number of aliphatic hydroxyl groups is 2. The molecule has 0 heterocycles. The summed E-state index contributed by atoms with van der Waals surface area (Å²) in [6.07, 6.45) is -2.97. The molecule has 0 aromatic heterocycles. The van der Waals surface area contributed by atoms with Gasteiger partial charge in [0, 0.05) is 17.4 Å². The fraction of sp³-hybridized carbons (Fsp3) is 0.333. The number of thiol groups is 1. The summed E-state index contributed by atoms with van der Waals surface area (Å²) in [5.41, 5.74) is -0.490. The second kappa shape index (κ2) is 4.87. The van der Waals surface area contributed by atoms with E-state index in [0.717, 1.165) is 0 Å². The van der Waals surface area contributed by atoms with Crippen molar-refractivity contribution in [2.45, 2.75) is 12.2 Å². The van der Waals surface area contributed by atoms with Crippen LogP contribution in [0.1, 0.15) is 11.7 Å². The first-order valence-electron chi connectivity index (χ1n) is 4.08. The molecular formula is C9H9F3O2S. The van der Waals surface area contributed by atoms with Crippen LogP contribution >= 0.6 is 12.6 Å². The molecule has 0 aliphatic rings. The summed E-state index contributed by atoms with van der Waals surface area (Å²) in [7, 11) is 0. The summed E-state index contributed by atoms with van der Waals surface area (Å²) < 4.78 is 38.3. The van der Waals surface area contributed by atoms with E-state index >= 15 is 0 Å². The molecule has 0 amide bonds. The molecule has 1 rings (SSSR count). The first kappa shape index (κ1) is 12.4. The molecule has 1 aromatic rings. The lowest BCUT2D eigenvalue weighted by Crippen LogP contribution is -2.21. The number of hydrogen-bond donors (Lipinski definition) is 3. The van der Waals surface area contributed by atoms with Gasteiger partial charge in [0.1, 0.15) is 11.9 Å². The maximum atomic E-state index is 13.1. The van der Waals surface area contributed by atoms with Crippen molar-refractivity contribution in [1.82, 2.24) is 0 Å². The minimum Gasteiger partial charge on any atom is -0.389 e. The molecule has 2 N–H and O–H groups in total. The van der Waals surface area contributed by atoms with Crippen molar-refractivity contribution in [1.29, 1.82) is 0 Å². The molecule has 6 heteroatoms. The van der Waals surface area contributed by atoms with Gasteiger partial charge < -0.3 is 10.2 Å². The molecule has 0 aliphatic carbocycles. The quantitative estimate of drug-likeness (QED) is 0.550. The van der Waals surface area contributed by atoms with Gasteiger partial charge in [-0.25, -0.2) is 13.2 Å². The van der Waals surface area contributed by atoms with Crippen molar-refractivity contribution in [3.05, 3.63) is 35.1 Å². The van der Waals surface area contributed by atoms with Gasteiger partial charge in [0.25, 0.3) is 0 Å². The first-order chi connectivity index (χ1) is 6.97. The van der Waals surface area contributed by atoms with Crippen LogP contribution in [-0.2, 0) is 0 Å². The Labute approximate surface area is 89.8 Å². The van der Waals surface area contributed by atoms with Gasteiger partial charge in [-0.05, 0) is 6.07 Å². The van der Waals surface area contributed by atoms with Gasteiger partial charge in [0.05, 0.1) is 6.10 Å². The van der Waals surface area contributed by atoms with E-state index < -0.39 is 35.2 Å². The minimum absolute atomic E-state index is 0.125. The number of aliphatic hydroxyl groups excluding tert-OH is 2. The molecule has 15 heavy (non-hydrogen) atoms. The van der Waals surface area contributed by atoms with Gasteiger partial charge in [-0.2, -0.15) is 12.6 Å². The normalized spacial score (nSPS) is 15.1. The van der Waals surface area contributed by atoms with Crippen LogP contribution in [0.25, 0.3) is 0 Å². The molecule has 1 aromatic carbocycles. The first-order valence-corrected chi connectivity index (χ1v) is 4.72. The fourth-order valence-corrected chi connectivity index (χ4v) is 1.27. The van der Waals surface area contributed by atoms with E-state index in [0.29, 0.717) is 12.1 Å². The van der Waals surface area contributed by atoms with Gasteiger partial charge in [0.2, 0.25) is 0 Å². The van der Waals surface area contributed by atoms with Crippen molar-refractivity contribution in [2.75, 3.05) is 5.75 Å². The Morgan fingerprint density at radius 3 is 2.13 bits per heavy atom. The van der Waals surface area contributed by atoms with Crippen LogP contribution in [-0.4, -0.2) is 22.1 Å². The lowest BCUT2D eigenvalue weighted by atomic mass is 10.0. The lowest BCUT2D eigenvalue weighted by molar-refractivity contribution is 0.0312. The molecule has 0 fully saturated rings. The van der Waals surface area contributed by atoms with Crippen LogP contribution in [0.5, 0.6) is 0 Å². The zero-order valence-corrected chi connectivity index (χ0v) is 8.39. The summed E-state index contributed by atoms with van der Waals surface area (Å²) in [5.74, 6) is -3.86. The third-order valence-electron chi connectivity index (χ3n) is 1.91. The smallest absolute Gasteiger partial charge is 0.161 e. The summed E-state index contributed by atoms with van der Waals surface area (Å²) in [5, 5.41) is 18.5. The molecule has 2 nitrogen and oxygen atoms in total. The van der Waals surface area contributed by atoms with E-state index in [1.807, 2.05) is 0 Å². The Hall–Kier alpha value is -0.720. The number of benzene rings is 1. The molecule has 2 atom stereocenters. The monoisotopic (exact) mass is 238 g/mol. The highest BCUT2D eigenvalue weighted by atomic mass is 32.1. The van der Waals surface area contributed by atoms with Crippen molar-refractivity contribution in [3.63, 3.8) is 0 Å². The highest BCUT2D eigenvalue weighted by Gasteiger charge is 2.22. The predicted octanol–water partition coefficient (Wildman–Crippen LogP) is 1.43. The Kier molecular flexibility index (Phi) is 4.01. The maximum absolute atomic E-state index is 13.1. The predicted molar refractivity (Wildman–Crippen MR) is 51.1 cm³/mol. The zero-order valence-electron chi connectivity index (χ0n) is 7.49. The summed E-state index contributed by atoms with van der Waals surface area (Å²) >= 11 is 3.69. The average Bonchev–Trinajstić information content (AvgIpc) is 2.21. The second-order valence-corrected chi connectivity index (χ2v) is 3.35. The number of halogens is 3. The molecule has 84 valence electrons. The van der Waals surface area contributed by atoms with E-state index in [2.05, 4.69) is 12.6 Å². The number of rotatable bonds is 3. The topological polar surface area (TPSA) is 40.5 Å². The number of hydrogen-bond acceptors (Lipinski definition) is 3. The van der Waals surface area contributed by atoms with Crippen molar-refractivity contribution >= 4 is 12.6 Å². The van der Waals surface area contributed by atoms with E-state index in [9.17, 15) is 18.3 Å². The van der Waals surface area contributed by atoms with Crippen LogP contribution in [0.2, 0.25) is 0 Å². The van der Waals surface area contributed by atoms with E-state index in [1.54, 1.807) is 0 Å². The Balaban J connectivity index is 3.09. The summed E-state index contributed by atoms with van der Waals surface area (Å²) in [4.78, 5) is 0. The summed E-state index contributed by atoms with van der Waals surface area (Å²) in [6, 6.07) is 0.834. The molecule has 0 aliphatic heterocycles. The van der Waals surface area contributed by atoms with Gasteiger partial charge in [-0.1, -0.05) is 0 Å². The fourth-order valence-electron chi connectivity index (χ4n) is 1.07. The van der Waals surface area contributed by atoms with Crippen LogP contribution < -0.4 is 0 Å². The van der Waals surface area contributed by atoms with Gasteiger partial charge in [0.15, 0.2) is 11.6 Å². The largest absolute Gasteiger partial charge is 0.389 e. The Bertz CT molecular complexity index is 359. The third kappa shape index (κ3) is 2.64. The van der Waals surface area contributed by atoms with E-state index in [1.165, 1.54) is 0 Å². The molecule has 0 radical (unpaired) electrons. The van der Waals surface area contributed by atoms with Gasteiger partial charge >= 0.3 is 0 Å². The highest BCUT2D eigenvalue weighted by Crippen LogP contribution is 2.23. The standard InChI is InChI=1S/C9H9F3O2S/c10-5-2-7(12)6(11)1-4(5)9(14)8(13)3-15/h1-2,8-9,13-15H,3H2. The average molecular weight is 238 g/mol. The molecule has 2 unspecified atom stereocenters. The molecule has 0 saturated heterocycles. The van der Waals surface area contributed by atoms with Gasteiger partial charge in [-0.15, -0.1) is 0 Å². The second-order valence-electron chi connectivity index (χ2n) is 2.98.